The zero-order valence-corrected chi connectivity index (χ0v) is 9.39. The van der Waals surface area contributed by atoms with Crippen molar-refractivity contribution in [3.63, 3.8) is 0 Å². The third kappa shape index (κ3) is 4.06. The molecule has 2 N–H and O–H groups in total. The lowest BCUT2D eigenvalue weighted by atomic mass is 9.83. The fourth-order valence-corrected chi connectivity index (χ4v) is 2.27. The topological polar surface area (TPSA) is 41.1 Å². The number of nitrogens with one attached hydrogen (secondary N) is 2. The largest absolute Gasteiger partial charge is 0.336 e. The van der Waals surface area contributed by atoms with Gasteiger partial charge >= 0.3 is 6.03 Å². The molecule has 0 aliphatic heterocycles. The number of halogens is 1. The Morgan fingerprint density at radius 1 is 1.40 bits per heavy atom. The van der Waals surface area contributed by atoms with Crippen molar-refractivity contribution >= 4 is 6.03 Å². The minimum atomic E-state index is -0.505. The summed E-state index contributed by atoms with van der Waals surface area (Å²) in [6, 6.07) is 0.0568. The van der Waals surface area contributed by atoms with E-state index in [-0.39, 0.29) is 18.6 Å². The van der Waals surface area contributed by atoms with Crippen molar-refractivity contribution in [2.45, 2.75) is 45.1 Å². The summed E-state index contributed by atoms with van der Waals surface area (Å²) in [6.45, 7) is 1.76. The third-order valence-electron chi connectivity index (χ3n) is 3.13. The van der Waals surface area contributed by atoms with Crippen LogP contribution >= 0.6 is 0 Å². The SMILES string of the molecule is CCC1CCCCC1NC(=O)NCCF. The van der Waals surface area contributed by atoms with Gasteiger partial charge in [0, 0.05) is 12.6 Å². The van der Waals surface area contributed by atoms with Gasteiger partial charge in [0.1, 0.15) is 6.67 Å². The van der Waals surface area contributed by atoms with Crippen molar-refractivity contribution < 1.29 is 9.18 Å². The first-order valence-corrected chi connectivity index (χ1v) is 5.88. The molecule has 0 spiro atoms. The summed E-state index contributed by atoms with van der Waals surface area (Å²) >= 11 is 0. The second-order valence-electron chi connectivity index (χ2n) is 4.15. The molecule has 0 heterocycles. The molecular weight excluding hydrogens is 195 g/mol. The molecule has 2 unspecified atom stereocenters. The fourth-order valence-electron chi connectivity index (χ4n) is 2.27. The van der Waals surface area contributed by atoms with Crippen molar-refractivity contribution in [1.29, 1.82) is 0 Å². The molecule has 0 aromatic heterocycles. The van der Waals surface area contributed by atoms with E-state index in [0.29, 0.717) is 5.92 Å². The van der Waals surface area contributed by atoms with Crippen LogP contribution in [-0.2, 0) is 0 Å². The van der Waals surface area contributed by atoms with Crippen molar-refractivity contribution in [3.8, 4) is 0 Å². The smallest absolute Gasteiger partial charge is 0.315 e. The van der Waals surface area contributed by atoms with Crippen LogP contribution in [0.25, 0.3) is 0 Å². The van der Waals surface area contributed by atoms with Gasteiger partial charge in [-0.2, -0.15) is 0 Å². The van der Waals surface area contributed by atoms with E-state index < -0.39 is 6.67 Å². The summed E-state index contributed by atoms with van der Waals surface area (Å²) in [5, 5.41) is 5.44. The summed E-state index contributed by atoms with van der Waals surface area (Å²) in [4.78, 5) is 11.3. The molecule has 88 valence electrons. The number of urea groups is 1. The highest BCUT2D eigenvalue weighted by Gasteiger charge is 2.24. The summed E-state index contributed by atoms with van der Waals surface area (Å²) in [5.74, 6) is 0.592. The quantitative estimate of drug-likeness (QED) is 0.743. The Kier molecular flexibility index (Phi) is 5.43. The van der Waals surface area contributed by atoms with Crippen LogP contribution in [0.3, 0.4) is 0 Å². The van der Waals surface area contributed by atoms with E-state index in [2.05, 4.69) is 17.6 Å². The molecule has 2 amide bonds. The van der Waals surface area contributed by atoms with Gasteiger partial charge in [0.05, 0.1) is 0 Å². The maximum absolute atomic E-state index is 11.8. The van der Waals surface area contributed by atoms with Crippen LogP contribution in [0.1, 0.15) is 39.0 Å². The summed E-state index contributed by atoms with van der Waals surface area (Å²) in [7, 11) is 0. The molecule has 0 radical (unpaired) electrons. The van der Waals surface area contributed by atoms with Gasteiger partial charge in [-0.3, -0.25) is 0 Å². The van der Waals surface area contributed by atoms with Crippen molar-refractivity contribution in [2.24, 2.45) is 5.92 Å². The maximum Gasteiger partial charge on any atom is 0.315 e. The normalized spacial score (nSPS) is 26.0. The van der Waals surface area contributed by atoms with Gasteiger partial charge < -0.3 is 10.6 Å². The predicted octanol–water partition coefficient (Wildman–Crippen LogP) is 2.22. The zero-order valence-electron chi connectivity index (χ0n) is 9.39. The monoisotopic (exact) mass is 216 g/mol. The molecule has 0 aromatic rings. The van der Waals surface area contributed by atoms with E-state index in [1.165, 1.54) is 19.3 Å². The van der Waals surface area contributed by atoms with Crippen molar-refractivity contribution in [2.75, 3.05) is 13.2 Å². The van der Waals surface area contributed by atoms with E-state index in [9.17, 15) is 9.18 Å². The van der Waals surface area contributed by atoms with E-state index in [0.717, 1.165) is 12.8 Å². The van der Waals surface area contributed by atoms with Crippen LogP contribution in [0.5, 0.6) is 0 Å². The van der Waals surface area contributed by atoms with Gasteiger partial charge in [-0.15, -0.1) is 0 Å². The predicted molar refractivity (Wildman–Crippen MR) is 58.5 cm³/mol. The number of hydrogen-bond donors (Lipinski definition) is 2. The van der Waals surface area contributed by atoms with Gasteiger partial charge in [0.25, 0.3) is 0 Å². The molecule has 15 heavy (non-hydrogen) atoms. The van der Waals surface area contributed by atoms with Crippen LogP contribution in [0.4, 0.5) is 9.18 Å². The Balaban J connectivity index is 2.30. The van der Waals surface area contributed by atoms with Gasteiger partial charge in [0.2, 0.25) is 0 Å². The maximum atomic E-state index is 11.8. The third-order valence-corrected chi connectivity index (χ3v) is 3.13. The average molecular weight is 216 g/mol. The number of carbonyl (C=O) groups is 1. The lowest BCUT2D eigenvalue weighted by Gasteiger charge is -2.31. The average Bonchev–Trinajstić information content (AvgIpc) is 2.27. The van der Waals surface area contributed by atoms with Crippen molar-refractivity contribution in [1.82, 2.24) is 10.6 Å². The van der Waals surface area contributed by atoms with Crippen LogP contribution in [0, 0.1) is 5.92 Å². The minimum absolute atomic E-state index is 0.106. The molecular formula is C11H21FN2O. The van der Waals surface area contributed by atoms with E-state index in [1.54, 1.807) is 0 Å². The number of hydrogen-bond acceptors (Lipinski definition) is 1. The molecule has 1 aliphatic rings. The number of carbonyl (C=O) groups excluding carboxylic acids is 1. The van der Waals surface area contributed by atoms with Crippen LogP contribution < -0.4 is 10.6 Å². The highest BCUT2D eigenvalue weighted by Crippen LogP contribution is 2.26. The minimum Gasteiger partial charge on any atom is -0.336 e. The highest BCUT2D eigenvalue weighted by atomic mass is 19.1. The molecule has 1 fully saturated rings. The summed E-state index contributed by atoms with van der Waals surface area (Å²) < 4.78 is 11.8. The second kappa shape index (κ2) is 6.64. The first-order chi connectivity index (χ1) is 7.27. The first-order valence-electron chi connectivity index (χ1n) is 5.88. The molecule has 1 saturated carbocycles. The van der Waals surface area contributed by atoms with Gasteiger partial charge in [0.15, 0.2) is 0 Å². The van der Waals surface area contributed by atoms with Crippen molar-refractivity contribution in [3.05, 3.63) is 0 Å². The Labute approximate surface area is 90.8 Å². The molecule has 0 bridgehead atoms. The molecule has 1 rings (SSSR count). The standard InChI is InChI=1S/C11H21FN2O/c1-2-9-5-3-4-6-10(9)14-11(15)13-8-7-12/h9-10H,2-8H2,1H3,(H2,13,14,15). The lowest BCUT2D eigenvalue weighted by Crippen LogP contribution is -2.47. The molecule has 2 atom stereocenters. The Morgan fingerprint density at radius 3 is 2.80 bits per heavy atom. The van der Waals surface area contributed by atoms with E-state index >= 15 is 0 Å². The molecule has 3 nitrogen and oxygen atoms in total. The molecule has 4 heteroatoms. The molecule has 0 aromatic carbocycles. The summed E-state index contributed by atoms with van der Waals surface area (Å²) in [6.07, 6.45) is 5.81. The second-order valence-corrected chi connectivity index (χ2v) is 4.15. The van der Waals surface area contributed by atoms with E-state index in [4.69, 9.17) is 0 Å². The van der Waals surface area contributed by atoms with E-state index in [1.807, 2.05) is 0 Å². The zero-order chi connectivity index (χ0) is 11.1. The number of amides is 2. The Morgan fingerprint density at radius 2 is 2.13 bits per heavy atom. The van der Waals surface area contributed by atoms with Gasteiger partial charge in [-0.1, -0.05) is 26.2 Å². The molecule has 1 aliphatic carbocycles. The van der Waals surface area contributed by atoms with Crippen LogP contribution in [0.15, 0.2) is 0 Å². The first kappa shape index (κ1) is 12.3. The van der Waals surface area contributed by atoms with Crippen LogP contribution in [0.2, 0.25) is 0 Å². The fraction of sp³-hybridized carbons (Fsp3) is 0.909. The Bertz CT molecular complexity index is 199. The van der Waals surface area contributed by atoms with Crippen LogP contribution in [-0.4, -0.2) is 25.3 Å². The highest BCUT2D eigenvalue weighted by molar-refractivity contribution is 5.74. The summed E-state index contributed by atoms with van der Waals surface area (Å²) in [5.41, 5.74) is 0. The lowest BCUT2D eigenvalue weighted by molar-refractivity contribution is 0.215. The Hall–Kier alpha value is -0.800. The number of rotatable bonds is 4. The molecule has 0 saturated heterocycles. The van der Waals surface area contributed by atoms with Gasteiger partial charge in [-0.05, 0) is 18.8 Å². The number of alkyl halides is 1. The van der Waals surface area contributed by atoms with Gasteiger partial charge in [-0.25, -0.2) is 9.18 Å².